The molecule has 0 N–H and O–H groups in total. The minimum absolute atomic E-state index is 0.552. The number of nitrogens with zero attached hydrogens (tertiary/aromatic N) is 3. The lowest BCUT2D eigenvalue weighted by Crippen LogP contribution is -2.28. The van der Waals surface area contributed by atoms with Gasteiger partial charge in [0.1, 0.15) is 0 Å². The van der Waals surface area contributed by atoms with Gasteiger partial charge in [0.25, 0.3) is 0 Å². The Balaban J connectivity index is 0.944. The molecular weight excluding hydrogens is 867 g/mol. The Morgan fingerprint density at radius 2 is 0.857 bits per heavy atom. The minimum Gasteiger partial charge on any atom is -0.208 e. The Morgan fingerprint density at radius 1 is 0.300 bits per heavy atom. The van der Waals surface area contributed by atoms with Crippen LogP contribution in [-0.4, -0.2) is 15.0 Å². The number of fused-ring (bicyclic) bond motifs is 9. The second-order valence-corrected chi connectivity index (χ2v) is 19.3. The highest BCUT2D eigenvalue weighted by Crippen LogP contribution is 2.57. The van der Waals surface area contributed by atoms with E-state index in [0.717, 1.165) is 22.1 Å². The van der Waals surface area contributed by atoms with Gasteiger partial charge in [-0.15, -0.1) is 11.3 Å². The van der Waals surface area contributed by atoms with Crippen LogP contribution in [0.5, 0.6) is 0 Å². The van der Waals surface area contributed by atoms with Crippen molar-refractivity contribution in [3.8, 4) is 67.5 Å². The van der Waals surface area contributed by atoms with Gasteiger partial charge in [-0.3, -0.25) is 0 Å². The molecule has 0 saturated carbocycles. The van der Waals surface area contributed by atoms with Crippen LogP contribution in [0.4, 0.5) is 0 Å². The first-order valence-corrected chi connectivity index (χ1v) is 24.6. The molecule has 0 atom stereocenters. The second-order valence-electron chi connectivity index (χ2n) is 18.2. The molecule has 326 valence electrons. The standard InChI is InChI=1S/C66H41N3S/c1-4-18-45(19-5-1)63-67-64(48-37-38-54-53-26-14-15-30-58(53)66(59(54)40-48,49-21-6-2-7-22-49)50-23-8-3-9-24-50)69-65(68-63)57-41-60-61(55-27-13-12-25-52(55)57)56-29-16-28-51(62(56)70-60)44-34-31-43(32-35-44)47-36-33-42-17-10-11-20-46(42)39-47/h1-41H. The van der Waals surface area contributed by atoms with Crippen molar-refractivity contribution in [2.45, 2.75) is 5.41 Å². The third kappa shape index (κ3) is 6.31. The fourth-order valence-electron chi connectivity index (χ4n) is 11.2. The van der Waals surface area contributed by atoms with E-state index < -0.39 is 5.41 Å². The van der Waals surface area contributed by atoms with Crippen molar-refractivity contribution in [2.24, 2.45) is 0 Å². The van der Waals surface area contributed by atoms with Crippen LogP contribution in [-0.2, 0) is 5.41 Å². The maximum Gasteiger partial charge on any atom is 0.164 e. The number of aromatic nitrogens is 3. The second kappa shape index (κ2) is 16.2. The molecule has 1 aliphatic rings. The van der Waals surface area contributed by atoms with Gasteiger partial charge in [-0.25, -0.2) is 15.0 Å². The highest BCUT2D eigenvalue weighted by molar-refractivity contribution is 7.26. The van der Waals surface area contributed by atoms with E-state index in [1.54, 1.807) is 0 Å². The van der Waals surface area contributed by atoms with Crippen LogP contribution in [0.25, 0.3) is 109 Å². The van der Waals surface area contributed by atoms with E-state index in [1.165, 1.54) is 92.0 Å². The maximum atomic E-state index is 5.48. The molecule has 0 radical (unpaired) electrons. The summed E-state index contributed by atoms with van der Waals surface area (Å²) >= 11 is 1.84. The van der Waals surface area contributed by atoms with E-state index in [9.17, 15) is 0 Å². The molecule has 0 aliphatic heterocycles. The molecule has 0 spiro atoms. The van der Waals surface area contributed by atoms with Crippen LogP contribution in [0.1, 0.15) is 22.3 Å². The zero-order valence-electron chi connectivity index (χ0n) is 37.9. The van der Waals surface area contributed by atoms with Crippen molar-refractivity contribution in [1.29, 1.82) is 0 Å². The van der Waals surface area contributed by atoms with E-state index >= 15 is 0 Å². The molecule has 0 bridgehead atoms. The van der Waals surface area contributed by atoms with Crippen LogP contribution >= 0.6 is 11.3 Å². The monoisotopic (exact) mass is 907 g/mol. The summed E-state index contributed by atoms with van der Waals surface area (Å²) in [6.07, 6.45) is 0. The van der Waals surface area contributed by atoms with Gasteiger partial charge in [0, 0.05) is 36.9 Å². The van der Waals surface area contributed by atoms with Crippen LogP contribution in [0.2, 0.25) is 0 Å². The zero-order valence-corrected chi connectivity index (χ0v) is 38.7. The smallest absolute Gasteiger partial charge is 0.164 e. The van der Waals surface area contributed by atoms with Crippen LogP contribution < -0.4 is 0 Å². The molecule has 2 heterocycles. The lowest BCUT2D eigenvalue weighted by Gasteiger charge is -2.34. The van der Waals surface area contributed by atoms with Crippen molar-refractivity contribution in [3.05, 3.63) is 271 Å². The van der Waals surface area contributed by atoms with Crippen molar-refractivity contribution in [3.63, 3.8) is 0 Å². The third-order valence-corrected chi connectivity index (χ3v) is 15.6. The molecule has 11 aromatic carbocycles. The minimum atomic E-state index is -0.552. The van der Waals surface area contributed by atoms with Crippen LogP contribution in [0.3, 0.4) is 0 Å². The fourth-order valence-corrected chi connectivity index (χ4v) is 12.5. The summed E-state index contributed by atoms with van der Waals surface area (Å²) in [5, 5.41) is 7.29. The first-order chi connectivity index (χ1) is 34.7. The number of hydrogen-bond acceptors (Lipinski definition) is 4. The molecule has 3 nitrogen and oxygen atoms in total. The number of hydrogen-bond donors (Lipinski definition) is 0. The van der Waals surface area contributed by atoms with Crippen LogP contribution in [0.15, 0.2) is 249 Å². The third-order valence-electron chi connectivity index (χ3n) is 14.4. The maximum absolute atomic E-state index is 5.48. The van der Waals surface area contributed by atoms with Gasteiger partial charge in [-0.05, 0) is 95.4 Å². The van der Waals surface area contributed by atoms with Gasteiger partial charge >= 0.3 is 0 Å². The van der Waals surface area contributed by atoms with E-state index in [1.807, 2.05) is 29.5 Å². The molecule has 0 saturated heterocycles. The summed E-state index contributed by atoms with van der Waals surface area (Å²) in [7, 11) is 0. The highest BCUT2D eigenvalue weighted by atomic mass is 32.1. The highest BCUT2D eigenvalue weighted by Gasteiger charge is 2.46. The number of rotatable bonds is 7. The summed E-state index contributed by atoms with van der Waals surface area (Å²) in [4.78, 5) is 16.1. The van der Waals surface area contributed by atoms with Gasteiger partial charge in [0.15, 0.2) is 17.5 Å². The molecule has 0 unspecified atom stereocenters. The summed E-state index contributed by atoms with van der Waals surface area (Å²) in [5.41, 5.74) is 14.5. The quantitative estimate of drug-likeness (QED) is 0.160. The summed E-state index contributed by atoms with van der Waals surface area (Å²) in [5.74, 6) is 1.91. The molecule has 1 aliphatic carbocycles. The van der Waals surface area contributed by atoms with Gasteiger partial charge in [0.05, 0.1) is 5.41 Å². The lowest BCUT2D eigenvalue weighted by molar-refractivity contribution is 0.768. The number of thiophene rings is 1. The number of benzene rings is 11. The molecule has 2 aromatic heterocycles. The van der Waals surface area contributed by atoms with E-state index in [4.69, 9.17) is 15.0 Å². The Kier molecular flexibility index (Phi) is 9.29. The average molecular weight is 908 g/mol. The Morgan fingerprint density at radius 3 is 1.63 bits per heavy atom. The Labute approximate surface area is 409 Å². The Bertz CT molecular complexity index is 4120. The summed E-state index contributed by atoms with van der Waals surface area (Å²) in [6, 6.07) is 90.0. The predicted octanol–water partition coefficient (Wildman–Crippen LogP) is 17.2. The van der Waals surface area contributed by atoms with E-state index in [2.05, 4.69) is 231 Å². The van der Waals surface area contributed by atoms with Gasteiger partial charge in [-0.2, -0.15) is 0 Å². The fraction of sp³-hybridized carbons (Fsp3) is 0.0152. The predicted molar refractivity (Wildman–Crippen MR) is 292 cm³/mol. The van der Waals surface area contributed by atoms with Crippen LogP contribution in [0, 0.1) is 0 Å². The summed E-state index contributed by atoms with van der Waals surface area (Å²) in [6.45, 7) is 0. The Hall–Kier alpha value is -8.83. The van der Waals surface area contributed by atoms with Crippen molar-refractivity contribution >= 4 is 53.1 Å². The zero-order chi connectivity index (χ0) is 46.2. The average Bonchev–Trinajstić information content (AvgIpc) is 3.97. The molecule has 14 rings (SSSR count). The summed E-state index contributed by atoms with van der Waals surface area (Å²) < 4.78 is 2.46. The largest absolute Gasteiger partial charge is 0.208 e. The van der Waals surface area contributed by atoms with Crippen molar-refractivity contribution in [1.82, 2.24) is 15.0 Å². The molecule has 13 aromatic rings. The van der Waals surface area contributed by atoms with Crippen molar-refractivity contribution < 1.29 is 0 Å². The molecular formula is C66H41N3S. The molecule has 0 fully saturated rings. The van der Waals surface area contributed by atoms with Gasteiger partial charge in [-0.1, -0.05) is 231 Å². The SMILES string of the molecule is c1ccc(-c2nc(-c3ccc4c(c3)C(c3ccccc3)(c3ccccc3)c3ccccc3-4)nc(-c3cc4sc5c(-c6ccc(-c7ccc8ccccc8c7)cc6)cccc5c4c4ccccc34)n2)cc1. The molecule has 4 heteroatoms. The van der Waals surface area contributed by atoms with Gasteiger partial charge < -0.3 is 0 Å². The first-order valence-electron chi connectivity index (χ1n) is 23.8. The van der Waals surface area contributed by atoms with E-state index in [0.29, 0.717) is 17.5 Å². The van der Waals surface area contributed by atoms with E-state index in [-0.39, 0.29) is 0 Å². The normalized spacial score (nSPS) is 12.7. The molecule has 70 heavy (non-hydrogen) atoms. The van der Waals surface area contributed by atoms with Gasteiger partial charge in [0.2, 0.25) is 0 Å². The van der Waals surface area contributed by atoms with Crippen molar-refractivity contribution in [2.75, 3.05) is 0 Å². The first kappa shape index (κ1) is 40.3. The lowest BCUT2D eigenvalue weighted by atomic mass is 9.67. The topological polar surface area (TPSA) is 38.7 Å². The molecule has 0 amide bonds.